The van der Waals surface area contributed by atoms with Crippen LogP contribution in [0.1, 0.15) is 19.5 Å². The zero-order valence-electron chi connectivity index (χ0n) is 11.9. The minimum absolute atomic E-state index is 0.0496. The van der Waals surface area contributed by atoms with E-state index in [1.165, 1.54) is 0 Å². The van der Waals surface area contributed by atoms with Crippen LogP contribution in [0.4, 0.5) is 0 Å². The third-order valence-electron chi connectivity index (χ3n) is 3.92. The molecule has 1 aliphatic heterocycles. The van der Waals surface area contributed by atoms with Gasteiger partial charge < -0.3 is 9.52 Å². The molecule has 0 amide bonds. The Kier molecular flexibility index (Phi) is 3.36. The van der Waals surface area contributed by atoms with Gasteiger partial charge in [-0.15, -0.1) is 0 Å². The zero-order chi connectivity index (χ0) is 14.2. The number of likely N-dealkylation sites (tertiary alicyclic amines) is 1. The van der Waals surface area contributed by atoms with E-state index in [2.05, 4.69) is 23.7 Å². The minimum atomic E-state index is -0.275. The summed E-state index contributed by atoms with van der Waals surface area (Å²) in [7, 11) is 0. The molecule has 3 rings (SSSR count). The molecule has 1 fully saturated rings. The van der Waals surface area contributed by atoms with E-state index in [0.29, 0.717) is 12.4 Å². The normalized spacial score (nSPS) is 22.2. The Bertz CT molecular complexity index is 577. The Balaban J connectivity index is 1.70. The van der Waals surface area contributed by atoms with E-state index < -0.39 is 0 Å². The van der Waals surface area contributed by atoms with Crippen LogP contribution in [0.3, 0.4) is 0 Å². The maximum atomic E-state index is 10.0. The number of rotatable bonds is 3. The van der Waals surface area contributed by atoms with Gasteiger partial charge in [-0.25, -0.2) is 4.98 Å². The van der Waals surface area contributed by atoms with Crippen LogP contribution in [0.15, 0.2) is 41.0 Å². The fourth-order valence-electron chi connectivity index (χ4n) is 2.68. The molecule has 1 unspecified atom stereocenters. The Hall–Kier alpha value is -1.65. The summed E-state index contributed by atoms with van der Waals surface area (Å²) in [4.78, 5) is 6.75. The molecular weight excluding hydrogens is 252 g/mol. The number of β-amino-alcohol motifs (C(OH)–C–C–N with tert-alkyl or cyclic N) is 1. The highest BCUT2D eigenvalue weighted by Crippen LogP contribution is 2.30. The molecule has 20 heavy (non-hydrogen) atoms. The van der Waals surface area contributed by atoms with Gasteiger partial charge in [-0.05, 0) is 12.1 Å². The molecule has 0 spiro atoms. The smallest absolute Gasteiger partial charge is 0.226 e. The lowest BCUT2D eigenvalue weighted by Crippen LogP contribution is -2.26. The number of aromatic nitrogens is 1. The van der Waals surface area contributed by atoms with Gasteiger partial charge in [0.15, 0.2) is 0 Å². The standard InChI is InChI=1S/C16H20N2O2/c1-16(2)11-18(9-14(16)19)8-13-10-20-15(17-13)12-6-4-3-5-7-12/h3-7,10,14,19H,8-9,11H2,1-2H3. The summed E-state index contributed by atoms with van der Waals surface area (Å²) in [5, 5.41) is 10.0. The summed E-state index contributed by atoms with van der Waals surface area (Å²) in [6, 6.07) is 9.88. The van der Waals surface area contributed by atoms with E-state index >= 15 is 0 Å². The topological polar surface area (TPSA) is 49.5 Å². The first kappa shape index (κ1) is 13.3. The molecule has 1 aromatic carbocycles. The summed E-state index contributed by atoms with van der Waals surface area (Å²) < 4.78 is 5.54. The van der Waals surface area contributed by atoms with Crippen molar-refractivity contribution in [2.75, 3.05) is 13.1 Å². The molecule has 2 heterocycles. The number of nitrogens with zero attached hydrogens (tertiary/aromatic N) is 2. The van der Waals surface area contributed by atoms with E-state index in [1.54, 1.807) is 6.26 Å². The monoisotopic (exact) mass is 272 g/mol. The fourth-order valence-corrected chi connectivity index (χ4v) is 2.68. The average Bonchev–Trinajstić information content (AvgIpc) is 2.96. The molecule has 4 nitrogen and oxygen atoms in total. The first-order valence-corrected chi connectivity index (χ1v) is 6.95. The van der Waals surface area contributed by atoms with Crippen molar-refractivity contribution >= 4 is 0 Å². The number of aliphatic hydroxyl groups excluding tert-OH is 1. The maximum Gasteiger partial charge on any atom is 0.226 e. The lowest BCUT2D eigenvalue weighted by Gasteiger charge is -2.20. The molecule has 2 aromatic rings. The molecule has 0 saturated carbocycles. The minimum Gasteiger partial charge on any atom is -0.444 e. The van der Waals surface area contributed by atoms with Gasteiger partial charge in [0, 0.05) is 30.6 Å². The predicted octanol–water partition coefficient (Wildman–Crippen LogP) is 2.54. The molecular formula is C16H20N2O2. The molecule has 106 valence electrons. The Morgan fingerprint density at radius 2 is 2.10 bits per heavy atom. The lowest BCUT2D eigenvalue weighted by atomic mass is 9.90. The third kappa shape index (κ3) is 2.62. The van der Waals surface area contributed by atoms with Gasteiger partial charge in [0.05, 0.1) is 11.8 Å². The van der Waals surface area contributed by atoms with Gasteiger partial charge in [0.2, 0.25) is 5.89 Å². The van der Waals surface area contributed by atoms with Crippen LogP contribution in [0.5, 0.6) is 0 Å². The second-order valence-electron chi connectivity index (χ2n) is 6.18. The molecule has 0 bridgehead atoms. The van der Waals surface area contributed by atoms with E-state index in [4.69, 9.17) is 4.42 Å². The van der Waals surface area contributed by atoms with Crippen molar-refractivity contribution in [3.63, 3.8) is 0 Å². The second-order valence-corrected chi connectivity index (χ2v) is 6.18. The van der Waals surface area contributed by atoms with Crippen LogP contribution < -0.4 is 0 Å². The summed E-state index contributed by atoms with van der Waals surface area (Å²) in [6.07, 6.45) is 1.43. The van der Waals surface area contributed by atoms with Crippen molar-refractivity contribution in [3.8, 4) is 11.5 Å². The predicted molar refractivity (Wildman–Crippen MR) is 77.0 cm³/mol. The van der Waals surface area contributed by atoms with Crippen molar-refractivity contribution in [2.45, 2.75) is 26.5 Å². The van der Waals surface area contributed by atoms with E-state index in [0.717, 1.165) is 24.3 Å². The van der Waals surface area contributed by atoms with Crippen molar-refractivity contribution in [1.82, 2.24) is 9.88 Å². The average molecular weight is 272 g/mol. The summed E-state index contributed by atoms with van der Waals surface area (Å²) in [5.41, 5.74) is 1.85. The van der Waals surface area contributed by atoms with Crippen molar-refractivity contribution in [1.29, 1.82) is 0 Å². The van der Waals surface area contributed by atoms with Crippen LogP contribution in [-0.2, 0) is 6.54 Å². The first-order valence-electron chi connectivity index (χ1n) is 6.95. The highest BCUT2D eigenvalue weighted by atomic mass is 16.3. The third-order valence-corrected chi connectivity index (χ3v) is 3.92. The van der Waals surface area contributed by atoms with Gasteiger partial charge in [-0.1, -0.05) is 32.0 Å². The molecule has 0 radical (unpaired) electrons. The zero-order valence-corrected chi connectivity index (χ0v) is 11.9. The molecule has 4 heteroatoms. The highest BCUT2D eigenvalue weighted by molar-refractivity contribution is 5.52. The second kappa shape index (κ2) is 5.04. The summed E-state index contributed by atoms with van der Waals surface area (Å²) in [5.74, 6) is 0.652. The van der Waals surface area contributed by atoms with Crippen molar-refractivity contribution in [3.05, 3.63) is 42.3 Å². The van der Waals surface area contributed by atoms with Gasteiger partial charge in [-0.2, -0.15) is 0 Å². The Labute approximate surface area is 119 Å². The quantitative estimate of drug-likeness (QED) is 0.933. The molecule has 1 N–H and O–H groups in total. The van der Waals surface area contributed by atoms with Gasteiger partial charge >= 0.3 is 0 Å². The van der Waals surface area contributed by atoms with Crippen LogP contribution in [0.2, 0.25) is 0 Å². The van der Waals surface area contributed by atoms with Crippen molar-refractivity contribution in [2.24, 2.45) is 5.41 Å². The Morgan fingerprint density at radius 1 is 1.35 bits per heavy atom. The summed E-state index contributed by atoms with van der Waals surface area (Å²) in [6.45, 7) is 6.48. The van der Waals surface area contributed by atoms with Crippen LogP contribution in [-0.4, -0.2) is 34.2 Å². The SMILES string of the molecule is CC1(C)CN(Cc2coc(-c3ccccc3)n2)CC1O. The number of oxazole rings is 1. The lowest BCUT2D eigenvalue weighted by molar-refractivity contribution is 0.0954. The number of benzene rings is 1. The van der Waals surface area contributed by atoms with E-state index in [1.807, 2.05) is 30.3 Å². The molecule has 1 aliphatic rings. The molecule has 0 aliphatic carbocycles. The van der Waals surface area contributed by atoms with Crippen LogP contribution >= 0.6 is 0 Å². The van der Waals surface area contributed by atoms with Crippen LogP contribution in [0, 0.1) is 5.41 Å². The largest absolute Gasteiger partial charge is 0.444 e. The van der Waals surface area contributed by atoms with E-state index in [9.17, 15) is 5.11 Å². The number of hydrogen-bond acceptors (Lipinski definition) is 4. The van der Waals surface area contributed by atoms with E-state index in [-0.39, 0.29) is 11.5 Å². The molecule has 1 aromatic heterocycles. The Morgan fingerprint density at radius 3 is 2.75 bits per heavy atom. The summed E-state index contributed by atoms with van der Waals surface area (Å²) >= 11 is 0. The van der Waals surface area contributed by atoms with Gasteiger partial charge in [-0.3, -0.25) is 4.90 Å². The fraction of sp³-hybridized carbons (Fsp3) is 0.438. The first-order chi connectivity index (χ1) is 9.54. The van der Waals surface area contributed by atoms with Gasteiger partial charge in [0.1, 0.15) is 6.26 Å². The maximum absolute atomic E-state index is 10.0. The van der Waals surface area contributed by atoms with Gasteiger partial charge in [0.25, 0.3) is 0 Å². The van der Waals surface area contributed by atoms with Crippen molar-refractivity contribution < 1.29 is 9.52 Å². The highest BCUT2D eigenvalue weighted by Gasteiger charge is 2.38. The number of aliphatic hydroxyl groups is 1. The molecule has 1 saturated heterocycles. The van der Waals surface area contributed by atoms with Crippen LogP contribution in [0.25, 0.3) is 11.5 Å². The molecule has 1 atom stereocenters. The number of hydrogen-bond donors (Lipinski definition) is 1.